The number of rotatable bonds is 7. The fourth-order valence-electron chi connectivity index (χ4n) is 2.63. The highest BCUT2D eigenvalue weighted by molar-refractivity contribution is 7.98. The highest BCUT2D eigenvalue weighted by atomic mass is 32.2. The molecule has 4 nitrogen and oxygen atoms in total. The molecule has 3 rings (SSSR count). The van der Waals surface area contributed by atoms with E-state index in [2.05, 4.69) is 4.72 Å². The summed E-state index contributed by atoms with van der Waals surface area (Å²) in [7, 11) is -2.58. The summed E-state index contributed by atoms with van der Waals surface area (Å²) < 4.78 is 46.4. The van der Waals surface area contributed by atoms with Gasteiger partial charge in [0.05, 0.1) is 17.7 Å². The molecule has 0 aliphatic carbocycles. The number of nitrogens with one attached hydrogen (secondary N) is 1. The lowest BCUT2D eigenvalue weighted by Crippen LogP contribution is -2.14. The summed E-state index contributed by atoms with van der Waals surface area (Å²) in [5, 5.41) is 0. The van der Waals surface area contributed by atoms with Gasteiger partial charge in [-0.15, -0.1) is 11.8 Å². The second-order valence-corrected chi connectivity index (χ2v) is 8.88. The van der Waals surface area contributed by atoms with Crippen molar-refractivity contribution in [3.05, 3.63) is 83.7 Å². The number of methoxy groups -OCH3 is 1. The van der Waals surface area contributed by atoms with Crippen LogP contribution in [0.15, 0.2) is 76.5 Å². The molecule has 0 heterocycles. The predicted octanol–water partition coefficient (Wildman–Crippen LogP) is 5.24. The number of hydrogen-bond acceptors (Lipinski definition) is 4. The van der Waals surface area contributed by atoms with Crippen molar-refractivity contribution < 1.29 is 17.5 Å². The standard InChI is InChI=1S/C21H20FNO3S2/c1-15-12-16(14-27-17-6-4-3-5-7-17)8-10-20(15)23-28(24,25)18-9-11-21(26-2)19(22)13-18/h3-13,23H,14H2,1-2H3. The minimum Gasteiger partial charge on any atom is -0.494 e. The van der Waals surface area contributed by atoms with Gasteiger partial charge >= 0.3 is 0 Å². The molecule has 0 spiro atoms. The second kappa shape index (κ2) is 8.67. The third kappa shape index (κ3) is 4.85. The minimum atomic E-state index is -3.90. The molecular formula is C21H20FNO3S2. The predicted molar refractivity (Wildman–Crippen MR) is 111 cm³/mol. The lowest BCUT2D eigenvalue weighted by atomic mass is 10.1. The van der Waals surface area contributed by atoms with Crippen LogP contribution in [0.2, 0.25) is 0 Å². The summed E-state index contributed by atoms with van der Waals surface area (Å²) >= 11 is 1.71. The molecule has 3 aromatic carbocycles. The van der Waals surface area contributed by atoms with Gasteiger partial charge in [0, 0.05) is 10.6 Å². The summed E-state index contributed by atoms with van der Waals surface area (Å²) in [6.45, 7) is 1.84. The van der Waals surface area contributed by atoms with Gasteiger partial charge in [-0.2, -0.15) is 0 Å². The van der Waals surface area contributed by atoms with Crippen molar-refractivity contribution in [3.63, 3.8) is 0 Å². The van der Waals surface area contributed by atoms with Crippen LogP contribution in [0.4, 0.5) is 10.1 Å². The van der Waals surface area contributed by atoms with Crippen molar-refractivity contribution >= 4 is 27.5 Å². The van der Waals surface area contributed by atoms with E-state index in [1.807, 2.05) is 49.4 Å². The molecule has 28 heavy (non-hydrogen) atoms. The normalized spacial score (nSPS) is 11.2. The van der Waals surface area contributed by atoms with Crippen molar-refractivity contribution in [2.75, 3.05) is 11.8 Å². The Labute approximate surface area is 168 Å². The molecular weight excluding hydrogens is 397 g/mol. The van der Waals surface area contributed by atoms with Crippen LogP contribution in [0.1, 0.15) is 11.1 Å². The van der Waals surface area contributed by atoms with Gasteiger partial charge in [0.1, 0.15) is 0 Å². The van der Waals surface area contributed by atoms with Crippen molar-refractivity contribution in [3.8, 4) is 5.75 Å². The van der Waals surface area contributed by atoms with Crippen LogP contribution < -0.4 is 9.46 Å². The Morgan fingerprint density at radius 3 is 2.43 bits per heavy atom. The van der Waals surface area contributed by atoms with Gasteiger partial charge in [0.2, 0.25) is 0 Å². The molecule has 0 fully saturated rings. The summed E-state index contributed by atoms with van der Waals surface area (Å²) in [6, 6.07) is 19.2. The molecule has 7 heteroatoms. The fraction of sp³-hybridized carbons (Fsp3) is 0.143. The van der Waals surface area contributed by atoms with E-state index in [-0.39, 0.29) is 10.6 Å². The highest BCUT2D eigenvalue weighted by Gasteiger charge is 2.18. The molecule has 0 amide bonds. The van der Waals surface area contributed by atoms with E-state index >= 15 is 0 Å². The second-order valence-electron chi connectivity index (χ2n) is 6.15. The van der Waals surface area contributed by atoms with Crippen LogP contribution in [0.5, 0.6) is 5.75 Å². The van der Waals surface area contributed by atoms with Gasteiger partial charge in [0.25, 0.3) is 10.0 Å². The van der Waals surface area contributed by atoms with Gasteiger partial charge in [-0.05, 0) is 54.4 Å². The average Bonchev–Trinajstić information content (AvgIpc) is 2.69. The van der Waals surface area contributed by atoms with Gasteiger partial charge in [-0.1, -0.05) is 30.3 Å². The third-order valence-corrected chi connectivity index (χ3v) is 6.56. The van der Waals surface area contributed by atoms with Crippen LogP contribution in [0.25, 0.3) is 0 Å². The smallest absolute Gasteiger partial charge is 0.262 e. The molecule has 0 unspecified atom stereocenters. The number of aryl methyl sites for hydroxylation is 1. The molecule has 0 atom stereocenters. The first-order valence-electron chi connectivity index (χ1n) is 8.53. The topological polar surface area (TPSA) is 55.4 Å². The van der Waals surface area contributed by atoms with E-state index in [9.17, 15) is 12.8 Å². The summed E-state index contributed by atoms with van der Waals surface area (Å²) in [4.78, 5) is 1.01. The number of hydrogen-bond donors (Lipinski definition) is 1. The van der Waals surface area contributed by atoms with E-state index in [0.717, 1.165) is 22.9 Å². The van der Waals surface area contributed by atoms with Crippen molar-refractivity contribution in [1.82, 2.24) is 0 Å². The summed E-state index contributed by atoms with van der Waals surface area (Å²) in [5.41, 5.74) is 2.35. The quantitative estimate of drug-likeness (QED) is 0.535. The molecule has 0 saturated heterocycles. The van der Waals surface area contributed by atoms with E-state index in [1.165, 1.54) is 24.1 Å². The Hall–Kier alpha value is -2.51. The molecule has 3 aromatic rings. The maximum atomic E-state index is 13.9. The third-order valence-electron chi connectivity index (χ3n) is 4.12. The lowest BCUT2D eigenvalue weighted by molar-refractivity contribution is 0.385. The summed E-state index contributed by atoms with van der Waals surface area (Å²) in [5.74, 6) is 0.0486. The first kappa shape index (κ1) is 20.2. The van der Waals surface area contributed by atoms with Crippen LogP contribution >= 0.6 is 11.8 Å². The van der Waals surface area contributed by atoms with Crippen LogP contribution in [-0.4, -0.2) is 15.5 Å². The number of sulfonamides is 1. The first-order chi connectivity index (χ1) is 13.4. The van der Waals surface area contributed by atoms with Gasteiger partial charge < -0.3 is 4.74 Å². The van der Waals surface area contributed by atoms with Gasteiger partial charge in [0.15, 0.2) is 11.6 Å². The molecule has 0 aromatic heterocycles. The molecule has 1 N–H and O–H groups in total. The van der Waals surface area contributed by atoms with E-state index in [4.69, 9.17) is 4.74 Å². The number of benzene rings is 3. The van der Waals surface area contributed by atoms with E-state index in [1.54, 1.807) is 17.8 Å². The lowest BCUT2D eigenvalue weighted by Gasteiger charge is -2.13. The largest absolute Gasteiger partial charge is 0.494 e. The van der Waals surface area contributed by atoms with Crippen LogP contribution in [0, 0.1) is 12.7 Å². The minimum absolute atomic E-state index is 0.00426. The SMILES string of the molecule is COc1ccc(S(=O)(=O)Nc2ccc(CSc3ccccc3)cc2C)cc1F. The maximum absolute atomic E-state index is 13.9. The molecule has 146 valence electrons. The summed E-state index contributed by atoms with van der Waals surface area (Å²) in [6.07, 6.45) is 0. The van der Waals surface area contributed by atoms with Crippen molar-refractivity contribution in [2.24, 2.45) is 0 Å². The zero-order valence-electron chi connectivity index (χ0n) is 15.5. The van der Waals surface area contributed by atoms with Gasteiger partial charge in [-0.25, -0.2) is 12.8 Å². The Bertz CT molecular complexity index is 1070. The fourth-order valence-corrected chi connectivity index (χ4v) is 4.64. The van der Waals surface area contributed by atoms with E-state index in [0.29, 0.717) is 5.69 Å². The average molecular weight is 418 g/mol. The Morgan fingerprint density at radius 2 is 1.79 bits per heavy atom. The zero-order chi connectivity index (χ0) is 20.1. The molecule has 0 radical (unpaired) electrons. The van der Waals surface area contributed by atoms with E-state index < -0.39 is 15.8 Å². The molecule has 0 aliphatic rings. The first-order valence-corrected chi connectivity index (χ1v) is 11.0. The number of thioether (sulfide) groups is 1. The maximum Gasteiger partial charge on any atom is 0.262 e. The van der Waals surface area contributed by atoms with Gasteiger partial charge in [-0.3, -0.25) is 4.72 Å². The number of ether oxygens (including phenoxy) is 1. The van der Waals surface area contributed by atoms with Crippen molar-refractivity contribution in [2.45, 2.75) is 22.5 Å². The van der Waals surface area contributed by atoms with Crippen LogP contribution in [-0.2, 0) is 15.8 Å². The Balaban J connectivity index is 1.74. The Morgan fingerprint density at radius 1 is 1.04 bits per heavy atom. The zero-order valence-corrected chi connectivity index (χ0v) is 17.1. The Kier molecular flexibility index (Phi) is 6.26. The monoisotopic (exact) mass is 417 g/mol. The van der Waals surface area contributed by atoms with Crippen LogP contribution in [0.3, 0.4) is 0 Å². The molecule has 0 aliphatic heterocycles. The molecule has 0 bridgehead atoms. The number of halogens is 1. The number of anilines is 1. The molecule has 0 saturated carbocycles. The highest BCUT2D eigenvalue weighted by Crippen LogP contribution is 2.27. The van der Waals surface area contributed by atoms with Crippen molar-refractivity contribution in [1.29, 1.82) is 0 Å².